The van der Waals surface area contributed by atoms with Gasteiger partial charge in [-0.25, -0.2) is 9.97 Å². The van der Waals surface area contributed by atoms with Crippen molar-refractivity contribution >= 4 is 34.4 Å². The number of nitro groups is 1. The summed E-state index contributed by atoms with van der Waals surface area (Å²) < 4.78 is 10.3. The van der Waals surface area contributed by atoms with Gasteiger partial charge in [-0.1, -0.05) is 18.2 Å². The molecular weight excluding hydrogens is 426 g/mol. The fraction of sp³-hybridized carbons (Fsp3) is 0.273. The third-order valence-electron chi connectivity index (χ3n) is 4.58. The molecule has 0 bridgehead atoms. The Morgan fingerprint density at radius 3 is 2.12 bits per heavy atom. The van der Waals surface area contributed by atoms with E-state index in [9.17, 15) is 10.1 Å². The van der Waals surface area contributed by atoms with Crippen LogP contribution in [-0.2, 0) is 9.47 Å². The highest BCUT2D eigenvalue weighted by atomic mass is 16.6. The minimum absolute atomic E-state index is 0.0866. The summed E-state index contributed by atoms with van der Waals surface area (Å²) in [5.74, 6) is 0.281. The smallest absolute Gasteiger partial charge is 0.353 e. The lowest BCUT2D eigenvalue weighted by atomic mass is 10.2. The monoisotopic (exact) mass is 451 g/mol. The average molecular weight is 451 g/mol. The molecule has 0 aliphatic rings. The summed E-state index contributed by atoms with van der Waals surface area (Å²) in [5, 5.41) is 23.3. The highest BCUT2D eigenvalue weighted by molar-refractivity contribution is 5.74. The molecule has 0 fully saturated rings. The van der Waals surface area contributed by atoms with Crippen molar-refractivity contribution in [3.05, 3.63) is 71.0 Å². The van der Waals surface area contributed by atoms with Gasteiger partial charge in [0.15, 0.2) is 0 Å². The van der Waals surface area contributed by atoms with Crippen LogP contribution in [0.5, 0.6) is 0 Å². The van der Waals surface area contributed by atoms with Gasteiger partial charge in [-0.15, -0.1) is 0 Å². The molecule has 1 N–H and O–H groups in total. The fourth-order valence-corrected chi connectivity index (χ4v) is 2.95. The van der Waals surface area contributed by atoms with Gasteiger partial charge in [-0.3, -0.25) is 10.1 Å². The van der Waals surface area contributed by atoms with E-state index in [-0.39, 0.29) is 17.3 Å². The number of ether oxygens (including phenoxy) is 2. The maximum Gasteiger partial charge on any atom is 0.353 e. The van der Waals surface area contributed by atoms with E-state index in [1.54, 1.807) is 43.4 Å². The third kappa shape index (κ3) is 6.76. The zero-order valence-electron chi connectivity index (χ0n) is 18.4. The van der Waals surface area contributed by atoms with E-state index in [1.807, 2.05) is 30.3 Å². The highest BCUT2D eigenvalue weighted by Gasteiger charge is 2.27. The number of hydrogen-bond donors (Lipinski definition) is 1. The van der Waals surface area contributed by atoms with E-state index < -0.39 is 4.92 Å². The maximum absolute atomic E-state index is 11.9. The zero-order chi connectivity index (χ0) is 23.5. The second-order valence-electron chi connectivity index (χ2n) is 6.83. The summed E-state index contributed by atoms with van der Waals surface area (Å²) in [6, 6.07) is 16.4. The number of nitrogens with one attached hydrogen (secondary N) is 1. The van der Waals surface area contributed by atoms with Crippen LogP contribution in [0.15, 0.2) is 71.2 Å². The topological polar surface area (TPSA) is 127 Å². The Hall–Kier alpha value is -3.96. The standard InChI is InChI=1S/C22H25N7O4/c1-32-14-12-28(13-15-33-2)22-20(29(30)31)21(23-16-24-22)25-17-8-10-19(11-9-17)27-26-18-6-4-3-5-7-18/h3-11,16H,12-15H2,1-2H3,(H,23,24,25). The summed E-state index contributed by atoms with van der Waals surface area (Å²) in [4.78, 5) is 21.4. The van der Waals surface area contributed by atoms with Gasteiger partial charge in [0.1, 0.15) is 6.33 Å². The fourth-order valence-electron chi connectivity index (χ4n) is 2.95. The summed E-state index contributed by atoms with van der Waals surface area (Å²) in [6.45, 7) is 1.59. The molecule has 0 unspecified atom stereocenters. The summed E-state index contributed by atoms with van der Waals surface area (Å²) in [5.41, 5.74) is 1.78. The van der Waals surface area contributed by atoms with Gasteiger partial charge in [0.05, 0.1) is 29.5 Å². The van der Waals surface area contributed by atoms with E-state index in [1.165, 1.54) is 6.33 Å². The highest BCUT2D eigenvalue weighted by Crippen LogP contribution is 2.34. The van der Waals surface area contributed by atoms with Crippen molar-refractivity contribution in [2.24, 2.45) is 10.2 Å². The maximum atomic E-state index is 11.9. The Labute approximate surface area is 191 Å². The Balaban J connectivity index is 1.82. The van der Waals surface area contributed by atoms with Crippen LogP contribution in [0.4, 0.5) is 34.4 Å². The molecule has 11 heteroatoms. The predicted octanol–water partition coefficient (Wildman–Crippen LogP) is 4.64. The summed E-state index contributed by atoms with van der Waals surface area (Å²) in [7, 11) is 3.14. The van der Waals surface area contributed by atoms with E-state index in [0.717, 1.165) is 5.69 Å². The molecule has 2 aromatic carbocycles. The van der Waals surface area contributed by atoms with Crippen LogP contribution in [0.1, 0.15) is 0 Å². The second-order valence-corrected chi connectivity index (χ2v) is 6.83. The number of rotatable bonds is 12. The van der Waals surface area contributed by atoms with E-state index in [4.69, 9.17) is 9.47 Å². The van der Waals surface area contributed by atoms with Crippen LogP contribution in [-0.4, -0.2) is 55.4 Å². The van der Waals surface area contributed by atoms with Crippen molar-refractivity contribution in [3.63, 3.8) is 0 Å². The molecule has 0 amide bonds. The number of nitrogens with zero attached hydrogens (tertiary/aromatic N) is 6. The van der Waals surface area contributed by atoms with E-state index >= 15 is 0 Å². The lowest BCUT2D eigenvalue weighted by Gasteiger charge is -2.23. The van der Waals surface area contributed by atoms with Gasteiger partial charge in [0.25, 0.3) is 0 Å². The van der Waals surface area contributed by atoms with Crippen LogP contribution in [0.25, 0.3) is 0 Å². The summed E-state index contributed by atoms with van der Waals surface area (Å²) >= 11 is 0. The van der Waals surface area contributed by atoms with Crippen molar-refractivity contribution < 1.29 is 14.4 Å². The molecule has 33 heavy (non-hydrogen) atoms. The lowest BCUT2D eigenvalue weighted by Crippen LogP contribution is -2.32. The number of azo groups is 1. The van der Waals surface area contributed by atoms with Crippen LogP contribution in [0.2, 0.25) is 0 Å². The van der Waals surface area contributed by atoms with Crippen LogP contribution < -0.4 is 10.2 Å². The van der Waals surface area contributed by atoms with Crippen LogP contribution >= 0.6 is 0 Å². The first kappa shape index (κ1) is 23.7. The van der Waals surface area contributed by atoms with E-state index in [2.05, 4.69) is 25.5 Å². The van der Waals surface area contributed by atoms with Crippen LogP contribution in [0.3, 0.4) is 0 Å². The van der Waals surface area contributed by atoms with Crippen LogP contribution in [0, 0.1) is 10.1 Å². The molecule has 0 atom stereocenters. The number of hydrogen-bond acceptors (Lipinski definition) is 10. The molecular formula is C22H25N7O4. The van der Waals surface area contributed by atoms with Gasteiger partial charge < -0.3 is 19.7 Å². The molecule has 3 rings (SSSR count). The Bertz CT molecular complexity index is 1050. The number of anilines is 3. The third-order valence-corrected chi connectivity index (χ3v) is 4.58. The van der Waals surface area contributed by atoms with Gasteiger partial charge in [0.2, 0.25) is 11.6 Å². The molecule has 0 saturated carbocycles. The van der Waals surface area contributed by atoms with Gasteiger partial charge in [-0.05, 0) is 36.4 Å². The summed E-state index contributed by atoms with van der Waals surface area (Å²) in [6.07, 6.45) is 1.29. The zero-order valence-corrected chi connectivity index (χ0v) is 18.4. The molecule has 172 valence electrons. The molecule has 1 aromatic heterocycles. The largest absolute Gasteiger partial charge is 0.383 e. The van der Waals surface area contributed by atoms with Gasteiger partial charge >= 0.3 is 5.69 Å². The first-order chi connectivity index (χ1) is 16.1. The van der Waals surface area contributed by atoms with Crippen molar-refractivity contribution in [2.75, 3.05) is 50.7 Å². The molecule has 0 aliphatic heterocycles. The van der Waals surface area contributed by atoms with Crippen molar-refractivity contribution in [1.82, 2.24) is 9.97 Å². The first-order valence-electron chi connectivity index (χ1n) is 10.2. The number of benzene rings is 2. The quantitative estimate of drug-likeness (QED) is 0.240. The second kappa shape index (κ2) is 12.2. The molecule has 0 aliphatic carbocycles. The van der Waals surface area contributed by atoms with Crippen molar-refractivity contribution in [1.29, 1.82) is 0 Å². The van der Waals surface area contributed by atoms with Gasteiger partial charge in [-0.2, -0.15) is 10.2 Å². The Morgan fingerprint density at radius 1 is 0.939 bits per heavy atom. The average Bonchev–Trinajstić information content (AvgIpc) is 2.84. The molecule has 0 saturated heterocycles. The molecule has 1 heterocycles. The number of aromatic nitrogens is 2. The Morgan fingerprint density at radius 2 is 1.55 bits per heavy atom. The molecule has 3 aromatic rings. The normalized spacial score (nSPS) is 11.0. The predicted molar refractivity (Wildman–Crippen MR) is 125 cm³/mol. The lowest BCUT2D eigenvalue weighted by molar-refractivity contribution is -0.383. The SMILES string of the molecule is COCCN(CCOC)c1ncnc(Nc2ccc(N=Nc3ccccc3)cc2)c1[N+](=O)[O-]. The Kier molecular flexibility index (Phi) is 8.74. The van der Waals surface area contributed by atoms with Gasteiger partial charge in [0, 0.05) is 33.0 Å². The molecule has 11 nitrogen and oxygen atoms in total. The molecule has 0 spiro atoms. The minimum atomic E-state index is -0.493. The first-order valence-corrected chi connectivity index (χ1v) is 10.2. The van der Waals surface area contributed by atoms with E-state index in [0.29, 0.717) is 37.7 Å². The number of methoxy groups -OCH3 is 2. The molecule has 0 radical (unpaired) electrons. The van der Waals surface area contributed by atoms with Crippen molar-refractivity contribution in [3.8, 4) is 0 Å². The minimum Gasteiger partial charge on any atom is -0.383 e. The van der Waals surface area contributed by atoms with Crippen molar-refractivity contribution in [2.45, 2.75) is 0 Å².